The number of ether oxygens (including phenoxy) is 1. The van der Waals surface area contributed by atoms with E-state index in [0.717, 1.165) is 5.56 Å². The number of urea groups is 1. The lowest BCUT2D eigenvalue weighted by Gasteiger charge is -2.36. The highest BCUT2D eigenvalue weighted by molar-refractivity contribution is 6.31. The van der Waals surface area contributed by atoms with Crippen LogP contribution in [0.3, 0.4) is 0 Å². The molecule has 2 amide bonds. The van der Waals surface area contributed by atoms with Gasteiger partial charge in [-0.15, -0.1) is 0 Å². The first-order valence-electron chi connectivity index (χ1n) is 6.92. The maximum absolute atomic E-state index is 12.3. The maximum atomic E-state index is 12.3. The lowest BCUT2D eigenvalue weighted by Crippen LogP contribution is -2.52. The normalized spacial score (nSPS) is 24.3. The maximum Gasteiger partial charge on any atom is 0.318 e. The largest absolute Gasteiger partial charge is 0.372 e. The number of carbonyl (C=O) groups is 1. The average Bonchev–Trinajstić information content (AvgIpc) is 2.37. The Kier molecular flexibility index (Phi) is 4.89. The SMILES string of the molecule is CC1CN(C(=O)NC(C)c2ccccc2Cl)CC(C)O1. The molecule has 0 aliphatic carbocycles. The van der Waals surface area contributed by atoms with Crippen LogP contribution in [0.5, 0.6) is 0 Å². The Hall–Kier alpha value is -1.26. The molecule has 2 rings (SSSR count). The summed E-state index contributed by atoms with van der Waals surface area (Å²) >= 11 is 6.15. The number of nitrogens with zero attached hydrogens (tertiary/aromatic N) is 1. The van der Waals surface area contributed by atoms with E-state index in [1.807, 2.05) is 45.0 Å². The second kappa shape index (κ2) is 6.46. The van der Waals surface area contributed by atoms with Crippen LogP contribution in [-0.4, -0.2) is 36.2 Å². The third-order valence-electron chi connectivity index (χ3n) is 3.42. The van der Waals surface area contributed by atoms with Crippen LogP contribution in [0, 0.1) is 0 Å². The predicted molar refractivity (Wildman–Crippen MR) is 80.0 cm³/mol. The van der Waals surface area contributed by atoms with Gasteiger partial charge in [0.25, 0.3) is 0 Å². The van der Waals surface area contributed by atoms with Gasteiger partial charge in [-0.25, -0.2) is 4.79 Å². The van der Waals surface area contributed by atoms with E-state index < -0.39 is 0 Å². The van der Waals surface area contributed by atoms with Gasteiger partial charge in [-0.05, 0) is 32.4 Å². The highest BCUT2D eigenvalue weighted by Gasteiger charge is 2.26. The summed E-state index contributed by atoms with van der Waals surface area (Å²) in [5, 5.41) is 3.67. The van der Waals surface area contributed by atoms with Gasteiger partial charge < -0.3 is 15.0 Å². The molecule has 1 aliphatic heterocycles. The second-order valence-electron chi connectivity index (χ2n) is 5.35. The highest BCUT2D eigenvalue weighted by atomic mass is 35.5. The molecule has 0 bridgehead atoms. The van der Waals surface area contributed by atoms with Gasteiger partial charge in [0.05, 0.1) is 18.2 Å². The zero-order valence-corrected chi connectivity index (χ0v) is 12.9. The van der Waals surface area contributed by atoms with E-state index in [4.69, 9.17) is 16.3 Å². The quantitative estimate of drug-likeness (QED) is 0.910. The zero-order chi connectivity index (χ0) is 14.7. The molecule has 1 aromatic carbocycles. The fourth-order valence-corrected chi connectivity index (χ4v) is 2.82. The molecule has 1 aliphatic rings. The highest BCUT2D eigenvalue weighted by Crippen LogP contribution is 2.22. The number of carbonyl (C=O) groups excluding carboxylic acids is 1. The Bertz CT molecular complexity index is 471. The number of amides is 2. The summed E-state index contributed by atoms with van der Waals surface area (Å²) in [4.78, 5) is 14.1. The van der Waals surface area contributed by atoms with Gasteiger partial charge in [0, 0.05) is 18.1 Å². The van der Waals surface area contributed by atoms with Crippen LogP contribution in [0.1, 0.15) is 32.4 Å². The molecule has 1 aromatic rings. The van der Waals surface area contributed by atoms with Gasteiger partial charge >= 0.3 is 6.03 Å². The number of nitrogens with one attached hydrogen (secondary N) is 1. The fourth-order valence-electron chi connectivity index (χ4n) is 2.52. The van der Waals surface area contributed by atoms with Gasteiger partial charge in [-0.1, -0.05) is 29.8 Å². The molecule has 1 N–H and O–H groups in total. The zero-order valence-electron chi connectivity index (χ0n) is 12.1. The molecular weight excluding hydrogens is 276 g/mol. The summed E-state index contributed by atoms with van der Waals surface area (Å²) < 4.78 is 5.63. The molecule has 0 radical (unpaired) electrons. The van der Waals surface area contributed by atoms with Crippen molar-refractivity contribution in [3.8, 4) is 0 Å². The summed E-state index contributed by atoms with van der Waals surface area (Å²) in [5.41, 5.74) is 0.928. The Labute approximate surface area is 125 Å². The number of benzene rings is 1. The first-order valence-corrected chi connectivity index (χ1v) is 7.30. The van der Waals surface area contributed by atoms with Gasteiger partial charge in [0.2, 0.25) is 0 Å². The van der Waals surface area contributed by atoms with Crippen LogP contribution in [0.25, 0.3) is 0 Å². The smallest absolute Gasteiger partial charge is 0.318 e. The Morgan fingerprint density at radius 1 is 1.35 bits per heavy atom. The number of rotatable bonds is 2. The molecule has 1 saturated heterocycles. The van der Waals surface area contributed by atoms with Crippen molar-refractivity contribution in [2.45, 2.75) is 39.0 Å². The van der Waals surface area contributed by atoms with Crippen molar-refractivity contribution in [3.63, 3.8) is 0 Å². The van der Waals surface area contributed by atoms with Gasteiger partial charge in [-0.3, -0.25) is 0 Å². The van der Waals surface area contributed by atoms with Crippen LogP contribution in [-0.2, 0) is 4.74 Å². The standard InChI is InChI=1S/C15H21ClN2O2/c1-10-8-18(9-11(2)20-10)15(19)17-12(3)13-6-4-5-7-14(13)16/h4-7,10-12H,8-9H2,1-3H3,(H,17,19). The van der Waals surface area contributed by atoms with E-state index in [-0.39, 0.29) is 24.3 Å². The molecule has 1 fully saturated rings. The summed E-state index contributed by atoms with van der Waals surface area (Å²) in [6.45, 7) is 7.13. The van der Waals surface area contributed by atoms with Crippen molar-refractivity contribution in [1.82, 2.24) is 10.2 Å². The molecule has 4 nitrogen and oxygen atoms in total. The number of hydrogen-bond donors (Lipinski definition) is 1. The molecule has 1 heterocycles. The number of halogens is 1. The third-order valence-corrected chi connectivity index (χ3v) is 3.76. The molecule has 20 heavy (non-hydrogen) atoms. The van der Waals surface area contributed by atoms with Crippen molar-refractivity contribution in [1.29, 1.82) is 0 Å². The van der Waals surface area contributed by atoms with E-state index in [1.54, 1.807) is 4.90 Å². The molecule has 5 heteroatoms. The van der Waals surface area contributed by atoms with E-state index in [1.165, 1.54) is 0 Å². The summed E-state index contributed by atoms with van der Waals surface area (Å²) in [6, 6.07) is 7.37. The molecule has 0 saturated carbocycles. The molecule has 110 valence electrons. The summed E-state index contributed by atoms with van der Waals surface area (Å²) in [6.07, 6.45) is 0.139. The fraction of sp³-hybridized carbons (Fsp3) is 0.533. The monoisotopic (exact) mass is 296 g/mol. The van der Waals surface area contributed by atoms with Crippen LogP contribution in [0.2, 0.25) is 5.02 Å². The Morgan fingerprint density at radius 2 is 1.95 bits per heavy atom. The first-order chi connectivity index (χ1) is 9.47. The lowest BCUT2D eigenvalue weighted by molar-refractivity contribution is -0.0547. The van der Waals surface area contributed by atoms with E-state index >= 15 is 0 Å². The topological polar surface area (TPSA) is 41.6 Å². The van der Waals surface area contributed by atoms with E-state index in [9.17, 15) is 4.79 Å². The van der Waals surface area contributed by atoms with E-state index in [2.05, 4.69) is 5.32 Å². The predicted octanol–water partition coefficient (Wildman–Crippen LogP) is 3.22. The minimum atomic E-state index is -0.121. The molecule has 0 spiro atoms. The third kappa shape index (κ3) is 3.64. The summed E-state index contributed by atoms with van der Waals surface area (Å²) in [5.74, 6) is 0. The van der Waals surface area contributed by atoms with Crippen LogP contribution in [0.4, 0.5) is 4.79 Å². The van der Waals surface area contributed by atoms with Gasteiger partial charge in [0.15, 0.2) is 0 Å². The molecular formula is C15H21ClN2O2. The van der Waals surface area contributed by atoms with Crippen LogP contribution in [0.15, 0.2) is 24.3 Å². The molecule has 3 unspecified atom stereocenters. The minimum absolute atomic E-state index is 0.0696. The molecule has 3 atom stereocenters. The summed E-state index contributed by atoms with van der Waals surface area (Å²) in [7, 11) is 0. The second-order valence-corrected chi connectivity index (χ2v) is 5.76. The lowest BCUT2D eigenvalue weighted by atomic mass is 10.1. The van der Waals surface area contributed by atoms with E-state index in [0.29, 0.717) is 18.1 Å². The first kappa shape index (κ1) is 15.1. The Balaban J connectivity index is 1.99. The van der Waals surface area contributed by atoms with Crippen LogP contribution < -0.4 is 5.32 Å². The van der Waals surface area contributed by atoms with Crippen molar-refractivity contribution in [3.05, 3.63) is 34.9 Å². The van der Waals surface area contributed by atoms with Crippen LogP contribution >= 0.6 is 11.6 Å². The van der Waals surface area contributed by atoms with Crippen molar-refractivity contribution < 1.29 is 9.53 Å². The number of hydrogen-bond acceptors (Lipinski definition) is 2. The van der Waals surface area contributed by atoms with Crippen molar-refractivity contribution in [2.75, 3.05) is 13.1 Å². The van der Waals surface area contributed by atoms with Crippen molar-refractivity contribution >= 4 is 17.6 Å². The molecule has 0 aromatic heterocycles. The van der Waals surface area contributed by atoms with Gasteiger partial charge in [-0.2, -0.15) is 0 Å². The average molecular weight is 297 g/mol. The van der Waals surface area contributed by atoms with Crippen molar-refractivity contribution in [2.24, 2.45) is 0 Å². The minimum Gasteiger partial charge on any atom is -0.372 e. The van der Waals surface area contributed by atoms with Gasteiger partial charge in [0.1, 0.15) is 0 Å². The number of morpholine rings is 1. The Morgan fingerprint density at radius 3 is 2.55 bits per heavy atom.